The molecule has 0 N–H and O–H groups in total. The number of piperidine rings is 1. The number of anilines is 1. The van der Waals surface area contributed by atoms with Crippen LogP contribution in [0.2, 0.25) is 0 Å². The van der Waals surface area contributed by atoms with Crippen molar-refractivity contribution in [3.63, 3.8) is 0 Å². The lowest BCUT2D eigenvalue weighted by Crippen LogP contribution is -2.56. The van der Waals surface area contributed by atoms with Crippen LogP contribution >= 0.6 is 0 Å². The zero-order valence-corrected chi connectivity index (χ0v) is 15.6. The highest BCUT2D eigenvalue weighted by atomic mass is 19.4. The summed E-state index contributed by atoms with van der Waals surface area (Å²) >= 11 is 0. The van der Waals surface area contributed by atoms with Crippen LogP contribution in [0.1, 0.15) is 30.4 Å². The Hall–Kier alpha value is -2.36. The van der Waals surface area contributed by atoms with Crippen molar-refractivity contribution in [1.82, 2.24) is 4.90 Å². The van der Waals surface area contributed by atoms with Gasteiger partial charge >= 0.3 is 12.1 Å². The zero-order chi connectivity index (χ0) is 19.9. The number of methoxy groups -OCH3 is 1. The number of carbonyl (C=O) groups excluding carboxylic acids is 1. The fourth-order valence-electron chi connectivity index (χ4n) is 4.60. The van der Waals surface area contributed by atoms with Crippen LogP contribution in [0.15, 0.2) is 12.1 Å². The van der Waals surface area contributed by atoms with E-state index in [1.165, 1.54) is 0 Å². The van der Waals surface area contributed by atoms with Gasteiger partial charge in [0.15, 0.2) is 0 Å². The fourth-order valence-corrected chi connectivity index (χ4v) is 4.60. The first kappa shape index (κ1) is 19.4. The van der Waals surface area contributed by atoms with Crippen LogP contribution in [0.5, 0.6) is 5.75 Å². The van der Waals surface area contributed by atoms with E-state index < -0.39 is 18.1 Å². The number of likely N-dealkylation sites (tertiary alicyclic amines) is 1. The van der Waals surface area contributed by atoms with E-state index in [4.69, 9.17) is 11.2 Å². The third-order valence-electron chi connectivity index (χ3n) is 5.83. The highest BCUT2D eigenvalue weighted by Gasteiger charge is 2.50. The highest BCUT2D eigenvalue weighted by Crippen LogP contribution is 2.50. The van der Waals surface area contributed by atoms with Gasteiger partial charge in [-0.3, -0.25) is 4.79 Å². The molecular formula is C20H23F3N2O2. The molecule has 0 aromatic heterocycles. The summed E-state index contributed by atoms with van der Waals surface area (Å²) in [7, 11) is 3.48. The van der Waals surface area contributed by atoms with Crippen LogP contribution in [0.4, 0.5) is 18.9 Å². The Morgan fingerprint density at radius 2 is 2.15 bits per heavy atom. The third-order valence-corrected chi connectivity index (χ3v) is 5.83. The minimum atomic E-state index is -4.84. The SMILES string of the molecule is C#CCN(C)c1c(OC)ccc2c1[C@@H]1CCN(C(=O)C(F)(F)F)[C@H](C2)[C@H]1C. The lowest BCUT2D eigenvalue weighted by Gasteiger charge is -2.49. The molecule has 0 spiro atoms. The third kappa shape index (κ3) is 3.22. The van der Waals surface area contributed by atoms with E-state index in [1.807, 2.05) is 31.0 Å². The molecule has 2 bridgehead atoms. The largest absolute Gasteiger partial charge is 0.495 e. The van der Waals surface area contributed by atoms with Crippen molar-refractivity contribution in [2.24, 2.45) is 5.92 Å². The average molecular weight is 380 g/mol. The van der Waals surface area contributed by atoms with Gasteiger partial charge in [-0.05, 0) is 41.9 Å². The minimum Gasteiger partial charge on any atom is -0.495 e. The Labute approximate surface area is 157 Å². The number of nitrogens with zero attached hydrogens (tertiary/aromatic N) is 2. The van der Waals surface area contributed by atoms with Gasteiger partial charge in [-0.2, -0.15) is 13.2 Å². The maximum atomic E-state index is 13.0. The molecule has 2 aliphatic rings. The van der Waals surface area contributed by atoms with E-state index in [-0.39, 0.29) is 18.4 Å². The molecule has 1 heterocycles. The second kappa shape index (κ2) is 6.99. The van der Waals surface area contributed by atoms with E-state index in [1.54, 1.807) is 7.11 Å². The molecule has 0 saturated carbocycles. The second-order valence-corrected chi connectivity index (χ2v) is 7.27. The number of alkyl halides is 3. The van der Waals surface area contributed by atoms with Crippen LogP contribution in [-0.2, 0) is 11.2 Å². The van der Waals surface area contributed by atoms with Crippen molar-refractivity contribution in [1.29, 1.82) is 0 Å². The standard InChI is InChI=1S/C20H23F3N2O2/c1-5-9-24(3)18-16(27-4)7-6-13-11-15-12(2)14(17(13)18)8-10-25(15)19(26)20(21,22)23/h1,6-7,12,14-15H,8-11H2,2-4H3/t12-,14+,15+/m0/s1. The van der Waals surface area contributed by atoms with Gasteiger partial charge in [-0.15, -0.1) is 6.42 Å². The molecule has 27 heavy (non-hydrogen) atoms. The predicted molar refractivity (Wildman–Crippen MR) is 96.9 cm³/mol. The lowest BCUT2D eigenvalue weighted by atomic mass is 9.68. The molecular weight excluding hydrogens is 357 g/mol. The molecule has 0 unspecified atom stereocenters. The van der Waals surface area contributed by atoms with Crippen molar-refractivity contribution < 1.29 is 22.7 Å². The van der Waals surface area contributed by atoms with E-state index in [0.29, 0.717) is 25.1 Å². The molecule has 1 fully saturated rings. The Kier molecular flexibility index (Phi) is 5.02. The van der Waals surface area contributed by atoms with E-state index in [0.717, 1.165) is 21.7 Å². The predicted octanol–water partition coefficient (Wildman–Crippen LogP) is 3.20. The number of terminal acetylenes is 1. The molecule has 1 amide bonds. The highest BCUT2D eigenvalue weighted by molar-refractivity contribution is 5.82. The number of benzene rings is 1. The summed E-state index contributed by atoms with van der Waals surface area (Å²) in [6.45, 7) is 2.43. The molecule has 7 heteroatoms. The Morgan fingerprint density at radius 1 is 1.44 bits per heavy atom. The molecule has 1 aromatic rings. The van der Waals surface area contributed by atoms with Crippen LogP contribution < -0.4 is 9.64 Å². The Balaban J connectivity index is 2.06. The van der Waals surface area contributed by atoms with Gasteiger partial charge in [-0.25, -0.2) is 0 Å². The van der Waals surface area contributed by atoms with Gasteiger partial charge in [0, 0.05) is 19.6 Å². The minimum absolute atomic E-state index is 0.0568. The molecule has 4 nitrogen and oxygen atoms in total. The van der Waals surface area contributed by atoms with Gasteiger partial charge in [0.1, 0.15) is 5.75 Å². The topological polar surface area (TPSA) is 32.8 Å². The first-order valence-electron chi connectivity index (χ1n) is 8.92. The summed E-state index contributed by atoms with van der Waals surface area (Å²) in [5, 5.41) is 0. The molecule has 3 rings (SSSR count). The molecule has 1 aliphatic carbocycles. The summed E-state index contributed by atoms with van der Waals surface area (Å²) in [6, 6.07) is 3.27. The zero-order valence-electron chi connectivity index (χ0n) is 15.6. The normalized spacial score (nSPS) is 24.0. The van der Waals surface area contributed by atoms with Crippen molar-refractivity contribution in [2.45, 2.75) is 37.9 Å². The summed E-state index contributed by atoms with van der Waals surface area (Å²) in [6.07, 6.45) is 1.51. The number of halogens is 3. The van der Waals surface area contributed by atoms with Crippen LogP contribution in [0.3, 0.4) is 0 Å². The molecule has 3 atom stereocenters. The molecule has 0 radical (unpaired) electrons. The Morgan fingerprint density at radius 3 is 2.74 bits per heavy atom. The van der Waals surface area contributed by atoms with Crippen molar-refractivity contribution >= 4 is 11.6 Å². The molecule has 1 aliphatic heterocycles. The van der Waals surface area contributed by atoms with Gasteiger partial charge in [0.2, 0.25) is 0 Å². The summed E-state index contributed by atoms with van der Waals surface area (Å²) in [5.41, 5.74) is 2.95. The van der Waals surface area contributed by atoms with Gasteiger partial charge in [-0.1, -0.05) is 18.9 Å². The number of hydrogen-bond acceptors (Lipinski definition) is 3. The number of rotatable bonds is 3. The first-order valence-corrected chi connectivity index (χ1v) is 8.92. The number of ether oxygens (including phenoxy) is 1. The maximum Gasteiger partial charge on any atom is 0.471 e. The lowest BCUT2D eigenvalue weighted by molar-refractivity contribution is -0.191. The van der Waals surface area contributed by atoms with Gasteiger partial charge in [0.05, 0.1) is 19.3 Å². The number of fused-ring (bicyclic) bond motifs is 4. The second-order valence-electron chi connectivity index (χ2n) is 7.27. The molecule has 1 aromatic carbocycles. The fraction of sp³-hybridized carbons (Fsp3) is 0.550. The summed E-state index contributed by atoms with van der Waals surface area (Å²) < 4.78 is 44.5. The average Bonchev–Trinajstić information content (AvgIpc) is 2.60. The van der Waals surface area contributed by atoms with Gasteiger partial charge < -0.3 is 14.5 Å². The Bertz CT molecular complexity index is 785. The smallest absolute Gasteiger partial charge is 0.471 e. The van der Waals surface area contributed by atoms with Crippen LogP contribution in [0.25, 0.3) is 0 Å². The molecule has 146 valence electrons. The maximum absolute atomic E-state index is 13.0. The van der Waals surface area contributed by atoms with E-state index in [2.05, 4.69) is 5.92 Å². The number of hydrogen-bond donors (Lipinski definition) is 0. The summed E-state index contributed by atoms with van der Waals surface area (Å²) in [5.74, 6) is 1.56. The van der Waals surface area contributed by atoms with Gasteiger partial charge in [0.25, 0.3) is 0 Å². The van der Waals surface area contributed by atoms with Crippen molar-refractivity contribution in [3.05, 3.63) is 23.3 Å². The quantitative estimate of drug-likeness (QED) is 0.755. The van der Waals surface area contributed by atoms with Crippen molar-refractivity contribution in [3.8, 4) is 18.1 Å². The van der Waals surface area contributed by atoms with E-state index in [9.17, 15) is 18.0 Å². The van der Waals surface area contributed by atoms with Crippen LogP contribution in [0, 0.1) is 18.3 Å². The van der Waals surface area contributed by atoms with E-state index >= 15 is 0 Å². The first-order chi connectivity index (χ1) is 12.7. The number of amides is 1. The number of carbonyl (C=O) groups is 1. The van der Waals surface area contributed by atoms with Crippen molar-refractivity contribution in [2.75, 3.05) is 32.1 Å². The summed E-state index contributed by atoms with van der Waals surface area (Å²) in [4.78, 5) is 14.8. The van der Waals surface area contributed by atoms with Crippen LogP contribution in [-0.4, -0.2) is 50.3 Å². The molecule has 1 saturated heterocycles. The monoisotopic (exact) mass is 380 g/mol.